The molecule has 0 aromatic heterocycles. The SMILES string of the molecule is c1ccc(-c2ccccc2-c2cccc(N(c3ccc4c(c3)-c3ccccc3C4(c3ccccc3)c3ccccc3)c3cccc4c3-c3ccccc3C43c4ccccc4-c4ccccc43)c2)cc1. The summed E-state index contributed by atoms with van der Waals surface area (Å²) in [5, 5.41) is 0. The van der Waals surface area contributed by atoms with Crippen LogP contribution in [0.15, 0.2) is 273 Å². The molecule has 1 nitrogen and oxygen atoms in total. The highest BCUT2D eigenvalue weighted by atomic mass is 15.1. The van der Waals surface area contributed by atoms with Gasteiger partial charge in [0.05, 0.1) is 16.5 Å². The molecule has 0 unspecified atom stereocenters. The Morgan fingerprint density at radius 1 is 0.232 bits per heavy atom. The topological polar surface area (TPSA) is 3.24 Å². The summed E-state index contributed by atoms with van der Waals surface area (Å²) in [5.74, 6) is 0. The number of nitrogens with zero attached hydrogens (tertiary/aromatic N) is 1. The van der Waals surface area contributed by atoms with Gasteiger partial charge in [-0.25, -0.2) is 0 Å². The standard InChI is InChI=1S/C68H45N/c1-4-22-46(23-5-1)52-30-10-11-31-53(52)47-24-20-29-50(44-47)69(51-42-43-63-58(45-51)56-34-14-16-36-59(56)67(63,48-25-6-2-7-26-48)49-27-8-3-9-28-49)65-41-21-40-64-66(65)57-35-15-19-39-62(57)68(64)60-37-17-12-32-54(60)55-33-13-18-38-61(55)68/h1-45H. The van der Waals surface area contributed by atoms with Crippen LogP contribution in [0.5, 0.6) is 0 Å². The van der Waals surface area contributed by atoms with Crippen LogP contribution < -0.4 is 4.90 Å². The lowest BCUT2D eigenvalue weighted by molar-refractivity contribution is 0.768. The fourth-order valence-electron chi connectivity index (χ4n) is 12.7. The summed E-state index contributed by atoms with van der Waals surface area (Å²) in [6, 6.07) is 102. The Kier molecular flexibility index (Phi) is 8.78. The van der Waals surface area contributed by atoms with E-state index in [1.54, 1.807) is 0 Å². The first-order valence-corrected chi connectivity index (χ1v) is 24.1. The molecule has 322 valence electrons. The van der Waals surface area contributed by atoms with Crippen molar-refractivity contribution in [1.29, 1.82) is 0 Å². The Morgan fingerprint density at radius 3 is 1.25 bits per heavy atom. The fraction of sp³-hybridized carbons (Fsp3) is 0.0294. The maximum atomic E-state index is 2.55. The average molecular weight is 876 g/mol. The van der Waals surface area contributed by atoms with Gasteiger partial charge in [0.1, 0.15) is 0 Å². The Hall–Kier alpha value is -8.78. The first kappa shape index (κ1) is 39.4. The molecule has 0 atom stereocenters. The molecule has 11 aromatic carbocycles. The van der Waals surface area contributed by atoms with Crippen molar-refractivity contribution in [2.24, 2.45) is 0 Å². The second-order valence-electron chi connectivity index (χ2n) is 18.6. The highest BCUT2D eigenvalue weighted by molar-refractivity contribution is 6.02. The summed E-state index contributed by atoms with van der Waals surface area (Å²) < 4.78 is 0. The monoisotopic (exact) mass is 875 g/mol. The van der Waals surface area contributed by atoms with E-state index < -0.39 is 10.8 Å². The summed E-state index contributed by atoms with van der Waals surface area (Å²) in [6.45, 7) is 0. The Balaban J connectivity index is 1.05. The number of benzene rings is 11. The van der Waals surface area contributed by atoms with Crippen LogP contribution in [0.3, 0.4) is 0 Å². The van der Waals surface area contributed by atoms with Gasteiger partial charge in [0, 0.05) is 16.9 Å². The number of anilines is 3. The van der Waals surface area contributed by atoms with E-state index in [9.17, 15) is 0 Å². The van der Waals surface area contributed by atoms with E-state index >= 15 is 0 Å². The molecule has 0 amide bonds. The van der Waals surface area contributed by atoms with Crippen LogP contribution >= 0.6 is 0 Å². The van der Waals surface area contributed by atoms with Crippen LogP contribution in [-0.2, 0) is 10.8 Å². The van der Waals surface area contributed by atoms with E-state index in [-0.39, 0.29) is 0 Å². The number of fused-ring (bicyclic) bond motifs is 13. The van der Waals surface area contributed by atoms with Crippen molar-refractivity contribution in [1.82, 2.24) is 0 Å². The Morgan fingerprint density at radius 2 is 0.638 bits per heavy atom. The summed E-state index contributed by atoms with van der Waals surface area (Å²) in [5.41, 5.74) is 25.2. The lowest BCUT2D eigenvalue weighted by Crippen LogP contribution is -2.28. The first-order valence-electron chi connectivity index (χ1n) is 24.1. The molecule has 11 aromatic rings. The molecule has 1 heteroatoms. The van der Waals surface area contributed by atoms with Crippen LogP contribution in [0.25, 0.3) is 55.6 Å². The minimum atomic E-state index is -0.499. The van der Waals surface area contributed by atoms with Crippen molar-refractivity contribution in [3.63, 3.8) is 0 Å². The molecule has 0 radical (unpaired) electrons. The van der Waals surface area contributed by atoms with Crippen molar-refractivity contribution in [3.05, 3.63) is 317 Å². The Labute approximate surface area is 403 Å². The van der Waals surface area contributed by atoms with Gasteiger partial charge in [0.2, 0.25) is 0 Å². The third kappa shape index (κ3) is 5.53. The van der Waals surface area contributed by atoms with Crippen LogP contribution in [0.4, 0.5) is 17.1 Å². The fourth-order valence-corrected chi connectivity index (χ4v) is 12.7. The zero-order chi connectivity index (χ0) is 45.5. The second-order valence-corrected chi connectivity index (χ2v) is 18.6. The van der Waals surface area contributed by atoms with E-state index in [0.29, 0.717) is 0 Å². The highest BCUT2D eigenvalue weighted by Gasteiger charge is 2.52. The third-order valence-electron chi connectivity index (χ3n) is 15.4. The average Bonchev–Trinajstić information content (AvgIpc) is 4.02. The van der Waals surface area contributed by atoms with Gasteiger partial charge in [-0.1, -0.05) is 243 Å². The molecule has 69 heavy (non-hydrogen) atoms. The summed E-state index contributed by atoms with van der Waals surface area (Å²) in [7, 11) is 0. The summed E-state index contributed by atoms with van der Waals surface area (Å²) >= 11 is 0. The van der Waals surface area contributed by atoms with Gasteiger partial charge in [-0.3, -0.25) is 0 Å². The van der Waals surface area contributed by atoms with E-state index in [0.717, 1.165) is 17.1 Å². The van der Waals surface area contributed by atoms with Crippen molar-refractivity contribution >= 4 is 17.1 Å². The molecule has 14 rings (SSSR count). The van der Waals surface area contributed by atoms with Crippen LogP contribution in [0.2, 0.25) is 0 Å². The van der Waals surface area contributed by atoms with E-state index in [1.165, 1.54) is 100 Å². The minimum Gasteiger partial charge on any atom is -0.310 e. The largest absolute Gasteiger partial charge is 0.310 e. The predicted octanol–water partition coefficient (Wildman–Crippen LogP) is 17.2. The Bertz CT molecular complexity index is 3710. The van der Waals surface area contributed by atoms with E-state index in [1.807, 2.05) is 0 Å². The molecule has 0 saturated carbocycles. The van der Waals surface area contributed by atoms with E-state index in [4.69, 9.17) is 0 Å². The van der Waals surface area contributed by atoms with Gasteiger partial charge in [0.25, 0.3) is 0 Å². The molecule has 0 bridgehead atoms. The molecule has 0 heterocycles. The van der Waals surface area contributed by atoms with Crippen LogP contribution in [0, 0.1) is 0 Å². The highest BCUT2D eigenvalue weighted by Crippen LogP contribution is 2.65. The first-order chi connectivity index (χ1) is 34.3. The molecular formula is C68H45N. The molecule has 3 aliphatic carbocycles. The third-order valence-corrected chi connectivity index (χ3v) is 15.4. The quantitative estimate of drug-likeness (QED) is 0.154. The molecular weight excluding hydrogens is 831 g/mol. The van der Waals surface area contributed by atoms with Gasteiger partial charge >= 0.3 is 0 Å². The molecule has 0 aliphatic heterocycles. The van der Waals surface area contributed by atoms with Gasteiger partial charge < -0.3 is 4.90 Å². The smallest absolute Gasteiger partial charge is 0.0726 e. The number of hydrogen-bond donors (Lipinski definition) is 0. The summed E-state index contributed by atoms with van der Waals surface area (Å²) in [4.78, 5) is 2.55. The molecule has 0 N–H and O–H groups in total. The predicted molar refractivity (Wildman–Crippen MR) is 286 cm³/mol. The van der Waals surface area contributed by atoms with Crippen molar-refractivity contribution in [2.45, 2.75) is 10.8 Å². The van der Waals surface area contributed by atoms with E-state index in [2.05, 4.69) is 278 Å². The van der Waals surface area contributed by atoms with Crippen molar-refractivity contribution in [3.8, 4) is 55.6 Å². The molecule has 3 aliphatic rings. The maximum Gasteiger partial charge on any atom is 0.0726 e. The zero-order valence-electron chi connectivity index (χ0n) is 37.9. The lowest BCUT2D eigenvalue weighted by Gasteiger charge is -2.34. The number of rotatable bonds is 7. The maximum absolute atomic E-state index is 2.55. The molecule has 1 spiro atoms. The zero-order valence-corrected chi connectivity index (χ0v) is 37.9. The van der Waals surface area contributed by atoms with Gasteiger partial charge in [-0.2, -0.15) is 0 Å². The molecule has 0 saturated heterocycles. The second kappa shape index (κ2) is 15.4. The van der Waals surface area contributed by atoms with Crippen molar-refractivity contribution in [2.75, 3.05) is 4.90 Å². The number of hydrogen-bond acceptors (Lipinski definition) is 1. The normalized spacial score (nSPS) is 13.7. The van der Waals surface area contributed by atoms with Crippen molar-refractivity contribution < 1.29 is 0 Å². The lowest BCUT2D eigenvalue weighted by atomic mass is 9.68. The minimum absolute atomic E-state index is 0.473. The van der Waals surface area contributed by atoms with Gasteiger partial charge in [-0.15, -0.1) is 0 Å². The molecule has 0 fully saturated rings. The summed E-state index contributed by atoms with van der Waals surface area (Å²) in [6.07, 6.45) is 0. The van der Waals surface area contributed by atoms with Gasteiger partial charge in [-0.05, 0) is 125 Å². The van der Waals surface area contributed by atoms with Gasteiger partial charge in [0.15, 0.2) is 0 Å². The van der Waals surface area contributed by atoms with Crippen LogP contribution in [-0.4, -0.2) is 0 Å². The van der Waals surface area contributed by atoms with Crippen LogP contribution in [0.1, 0.15) is 44.5 Å².